The Morgan fingerprint density at radius 1 is 1.23 bits per heavy atom. The highest BCUT2D eigenvalue weighted by molar-refractivity contribution is 8.00. The van der Waals surface area contributed by atoms with Gasteiger partial charge in [-0.1, -0.05) is 35.5 Å². The molecule has 2 aromatic heterocycles. The summed E-state index contributed by atoms with van der Waals surface area (Å²) >= 11 is 2.32. The van der Waals surface area contributed by atoms with Gasteiger partial charge in [0.2, 0.25) is 17.6 Å². The summed E-state index contributed by atoms with van der Waals surface area (Å²) in [5.41, 5.74) is 7.27. The molecule has 4 heterocycles. The minimum absolute atomic E-state index is 0.0415. The van der Waals surface area contributed by atoms with Gasteiger partial charge in [-0.05, 0) is 12.5 Å². The molecule has 2 aliphatic heterocycles. The number of carbonyl (C=O) groups excluding carboxylic acids is 3. The molecule has 2 aliphatic rings. The summed E-state index contributed by atoms with van der Waals surface area (Å²) in [5.74, 6) is -2.32. The maximum atomic E-state index is 13.3. The van der Waals surface area contributed by atoms with Gasteiger partial charge in [0.05, 0.1) is 5.56 Å². The van der Waals surface area contributed by atoms with E-state index in [2.05, 4.69) is 19.8 Å². The topological polar surface area (TPSA) is 190 Å². The van der Waals surface area contributed by atoms with Gasteiger partial charge in [0.15, 0.2) is 24.1 Å². The number of carboxylic acid groups (broad SMARTS) is 1. The van der Waals surface area contributed by atoms with Gasteiger partial charge in [-0.2, -0.15) is 9.36 Å². The summed E-state index contributed by atoms with van der Waals surface area (Å²) in [7, 11) is 0. The maximum Gasteiger partial charge on any atom is 0.350 e. The van der Waals surface area contributed by atoms with E-state index < -0.39 is 30.0 Å². The van der Waals surface area contributed by atoms with E-state index >= 15 is 0 Å². The Labute approximate surface area is 253 Å². The van der Waals surface area contributed by atoms with Crippen LogP contribution in [-0.2, 0) is 37.1 Å². The number of carboxylic acids is 1. The Bertz CT molecular complexity index is 1590. The summed E-state index contributed by atoms with van der Waals surface area (Å²) in [4.78, 5) is 60.5. The van der Waals surface area contributed by atoms with E-state index in [1.807, 2.05) is 34.9 Å². The number of hydrogen-bond acceptors (Lipinski definition) is 12. The van der Waals surface area contributed by atoms with Crippen LogP contribution < -0.4 is 15.6 Å². The van der Waals surface area contributed by atoms with Crippen molar-refractivity contribution in [3.05, 3.63) is 83.6 Å². The number of β-lactam (4-membered cyclic amide) rings is 1. The van der Waals surface area contributed by atoms with Gasteiger partial charge in [-0.25, -0.2) is 14.2 Å². The van der Waals surface area contributed by atoms with Crippen LogP contribution in [0, 0.1) is 0 Å². The van der Waals surface area contributed by atoms with E-state index in [0.717, 1.165) is 22.7 Å². The third kappa shape index (κ3) is 6.98. The number of oxime groups is 1. The quantitative estimate of drug-likeness (QED) is 0.0905. The standard InChI is InChI=1S/C27H25N7O7S2/c1-15(26(39)40-13-16-5-3-2-4-6-16)41-31-19(21-30-27(28)43-32-21)22(35)29-20-23(36)34-12-17(14-42-24(20)34)11-33-9-7-18(8-10-33)25(37)38/h2-10,12,15,20,24H,11,13-14H2,1H3,(H3-,28,29,30,32,35,37,38)/p+1/b31-19+/t15?,20?,24-/m1/s1. The van der Waals surface area contributed by atoms with Crippen LogP contribution in [0.4, 0.5) is 5.13 Å². The van der Waals surface area contributed by atoms with Crippen LogP contribution in [0.25, 0.3) is 0 Å². The molecule has 0 spiro atoms. The SMILES string of the molecule is CC(O/N=C(/C(=O)NC1C(=O)N2C=C(C[n+]3ccc(C(=O)O)cc3)CS[C@H]12)c1nsc(N)n1)C(=O)OCc1ccccc1. The van der Waals surface area contributed by atoms with E-state index in [1.54, 1.807) is 18.6 Å². The first-order chi connectivity index (χ1) is 20.7. The second kappa shape index (κ2) is 13.0. The van der Waals surface area contributed by atoms with Crippen LogP contribution in [0.15, 0.2) is 71.8 Å². The summed E-state index contributed by atoms with van der Waals surface area (Å²) in [6, 6.07) is 11.3. The number of nitrogens with two attached hydrogens (primary N) is 1. The third-order valence-corrected chi connectivity index (χ3v) is 8.30. The number of nitrogen functional groups attached to an aromatic ring is 1. The Balaban J connectivity index is 1.21. The van der Waals surface area contributed by atoms with Crippen molar-refractivity contribution >= 4 is 57.9 Å². The third-order valence-electron chi connectivity index (χ3n) is 6.38. The number of hydrogen-bond donors (Lipinski definition) is 3. The lowest BCUT2D eigenvalue weighted by atomic mass is 10.1. The van der Waals surface area contributed by atoms with Crippen molar-refractivity contribution in [1.82, 2.24) is 19.6 Å². The highest BCUT2D eigenvalue weighted by Crippen LogP contribution is 2.36. The number of esters is 1. The zero-order valence-corrected chi connectivity index (χ0v) is 24.3. The molecule has 222 valence electrons. The van der Waals surface area contributed by atoms with Crippen LogP contribution >= 0.6 is 23.3 Å². The molecular weight excluding hydrogens is 598 g/mol. The highest BCUT2D eigenvalue weighted by Gasteiger charge is 2.50. The number of nitrogens with zero attached hydrogens (tertiary/aromatic N) is 5. The van der Waals surface area contributed by atoms with Gasteiger partial charge in [0.1, 0.15) is 18.0 Å². The Morgan fingerprint density at radius 3 is 2.65 bits per heavy atom. The van der Waals surface area contributed by atoms with Crippen LogP contribution in [0.1, 0.15) is 28.7 Å². The van der Waals surface area contributed by atoms with E-state index in [1.165, 1.54) is 35.7 Å². The molecule has 1 fully saturated rings. The lowest BCUT2D eigenvalue weighted by molar-refractivity contribution is -0.689. The van der Waals surface area contributed by atoms with E-state index in [-0.39, 0.29) is 40.1 Å². The molecule has 16 heteroatoms. The number of thioether (sulfide) groups is 1. The molecule has 4 N–H and O–H groups in total. The molecule has 1 saturated heterocycles. The summed E-state index contributed by atoms with van der Waals surface area (Å²) in [6.07, 6.45) is 3.91. The molecule has 0 radical (unpaired) electrons. The number of fused-ring (bicyclic) bond motifs is 1. The largest absolute Gasteiger partial charge is 0.478 e. The van der Waals surface area contributed by atoms with Gasteiger partial charge in [0.25, 0.3) is 11.8 Å². The lowest BCUT2D eigenvalue weighted by Gasteiger charge is -2.47. The highest BCUT2D eigenvalue weighted by atomic mass is 32.2. The Kier molecular flexibility index (Phi) is 8.96. The predicted octanol–water partition coefficient (Wildman–Crippen LogP) is 0.943. The molecule has 0 saturated carbocycles. The zero-order chi connectivity index (χ0) is 30.5. The fraction of sp³-hybridized carbons (Fsp3) is 0.259. The van der Waals surface area contributed by atoms with E-state index in [0.29, 0.717) is 12.3 Å². The second-order valence-corrected chi connectivity index (χ2v) is 11.4. The summed E-state index contributed by atoms with van der Waals surface area (Å²) in [5, 5.41) is 15.3. The van der Waals surface area contributed by atoms with Gasteiger partial charge in [-0.3, -0.25) is 9.59 Å². The van der Waals surface area contributed by atoms with Crippen molar-refractivity contribution in [2.45, 2.75) is 37.6 Å². The van der Waals surface area contributed by atoms with Crippen LogP contribution in [0.2, 0.25) is 0 Å². The number of nitrogens with one attached hydrogen (secondary N) is 1. The molecular formula is C27H26N7O7S2+. The normalized spacial score (nSPS) is 18.5. The predicted molar refractivity (Wildman–Crippen MR) is 154 cm³/mol. The molecule has 3 atom stereocenters. The van der Waals surface area contributed by atoms with Gasteiger partial charge >= 0.3 is 11.9 Å². The number of aromatic nitrogens is 3. The van der Waals surface area contributed by atoms with Crippen LogP contribution in [0.5, 0.6) is 0 Å². The maximum absolute atomic E-state index is 13.3. The lowest BCUT2D eigenvalue weighted by Crippen LogP contribution is -2.69. The van der Waals surface area contributed by atoms with Crippen LogP contribution in [-0.4, -0.2) is 72.1 Å². The fourth-order valence-corrected chi connectivity index (χ4v) is 5.82. The minimum Gasteiger partial charge on any atom is -0.478 e. The minimum atomic E-state index is -1.15. The first-order valence-electron chi connectivity index (χ1n) is 12.9. The second-order valence-electron chi connectivity index (χ2n) is 9.49. The fourth-order valence-electron chi connectivity index (χ4n) is 4.13. The number of ether oxygens (including phenoxy) is 1. The molecule has 3 aromatic rings. The number of aromatic carboxylic acids is 1. The molecule has 0 bridgehead atoms. The average Bonchev–Trinajstić information content (AvgIpc) is 3.44. The molecule has 2 amide bonds. The molecule has 43 heavy (non-hydrogen) atoms. The number of rotatable bonds is 11. The molecule has 2 unspecified atom stereocenters. The zero-order valence-electron chi connectivity index (χ0n) is 22.7. The van der Waals surface area contributed by atoms with Crippen LogP contribution in [0.3, 0.4) is 0 Å². The van der Waals surface area contributed by atoms with Crippen molar-refractivity contribution in [2.75, 3.05) is 11.5 Å². The Morgan fingerprint density at radius 2 is 1.98 bits per heavy atom. The van der Waals surface area contributed by atoms with Crippen molar-refractivity contribution in [3.8, 4) is 0 Å². The van der Waals surface area contributed by atoms with Crippen molar-refractivity contribution in [2.24, 2.45) is 5.16 Å². The van der Waals surface area contributed by atoms with Crippen molar-refractivity contribution < 1.29 is 38.4 Å². The first kappa shape index (κ1) is 29.7. The first-order valence-corrected chi connectivity index (χ1v) is 14.7. The molecule has 0 aliphatic carbocycles. The van der Waals surface area contributed by atoms with E-state index in [9.17, 15) is 19.2 Å². The average molecular weight is 625 g/mol. The number of pyridine rings is 1. The van der Waals surface area contributed by atoms with Crippen molar-refractivity contribution in [1.29, 1.82) is 0 Å². The number of amides is 2. The number of benzene rings is 1. The molecule has 5 rings (SSSR count). The van der Waals surface area contributed by atoms with Gasteiger partial charge in [0, 0.05) is 41.2 Å². The van der Waals surface area contributed by atoms with Crippen molar-refractivity contribution in [3.63, 3.8) is 0 Å². The number of carbonyl (C=O) groups is 4. The summed E-state index contributed by atoms with van der Waals surface area (Å²) < 4.78 is 11.1. The smallest absolute Gasteiger partial charge is 0.350 e. The molecule has 14 nitrogen and oxygen atoms in total. The van der Waals surface area contributed by atoms with Gasteiger partial charge in [-0.15, -0.1) is 11.8 Å². The Hall–Kier alpha value is -4.83. The monoisotopic (exact) mass is 624 g/mol. The van der Waals surface area contributed by atoms with Gasteiger partial charge < -0.3 is 30.6 Å². The summed E-state index contributed by atoms with van der Waals surface area (Å²) in [6.45, 7) is 1.93. The number of anilines is 1. The van der Waals surface area contributed by atoms with E-state index in [4.69, 9.17) is 20.4 Å². The molecule has 1 aromatic carbocycles.